The summed E-state index contributed by atoms with van der Waals surface area (Å²) in [5.41, 5.74) is 0.204. The summed E-state index contributed by atoms with van der Waals surface area (Å²) in [5.74, 6) is 1.49. The van der Waals surface area contributed by atoms with Gasteiger partial charge < -0.3 is 20.5 Å². The maximum absolute atomic E-state index is 9.42. The fourth-order valence-electron chi connectivity index (χ4n) is 3.31. The highest BCUT2D eigenvalue weighted by molar-refractivity contribution is 14.0. The third-order valence-electron chi connectivity index (χ3n) is 4.68. The molecule has 1 fully saturated rings. The van der Waals surface area contributed by atoms with Crippen LogP contribution in [0.25, 0.3) is 0 Å². The molecular weight excluding hydrogens is 429 g/mol. The van der Waals surface area contributed by atoms with E-state index >= 15 is 0 Å². The van der Waals surface area contributed by atoms with E-state index in [2.05, 4.69) is 31.4 Å². The number of nitrogens with zero attached hydrogens (tertiary/aromatic N) is 1. The smallest absolute Gasteiger partial charge is 0.191 e. The maximum Gasteiger partial charge on any atom is 0.191 e. The SMILES string of the molecule is CCNC(=NCC1(CCO)CCCCC1)NCCCOCC(C)C.I. The number of aliphatic imine (C=N–C) groups is 1. The lowest BCUT2D eigenvalue weighted by atomic mass is 9.72. The molecule has 150 valence electrons. The van der Waals surface area contributed by atoms with Gasteiger partial charge in [-0.1, -0.05) is 33.1 Å². The Morgan fingerprint density at radius 2 is 1.92 bits per heavy atom. The topological polar surface area (TPSA) is 65.9 Å². The standard InChI is InChI=1S/C19H39N3O2.HI/c1-4-20-18(21-12-8-14-24-15-17(2)3)22-16-19(11-13-23)9-6-5-7-10-19;/h17,23H,4-16H2,1-3H3,(H2,20,21,22);1H. The first-order valence-electron chi connectivity index (χ1n) is 9.82. The minimum absolute atomic E-state index is 0. The van der Waals surface area contributed by atoms with Gasteiger partial charge in [-0.15, -0.1) is 24.0 Å². The van der Waals surface area contributed by atoms with E-state index in [1.54, 1.807) is 0 Å². The van der Waals surface area contributed by atoms with Crippen LogP contribution in [0.4, 0.5) is 0 Å². The van der Waals surface area contributed by atoms with Gasteiger partial charge in [0, 0.05) is 39.5 Å². The molecule has 0 aromatic rings. The highest BCUT2D eigenvalue weighted by Gasteiger charge is 2.31. The Morgan fingerprint density at radius 3 is 2.52 bits per heavy atom. The molecule has 0 aromatic carbocycles. The van der Waals surface area contributed by atoms with Gasteiger partial charge >= 0.3 is 0 Å². The maximum atomic E-state index is 9.42. The van der Waals surface area contributed by atoms with Crippen LogP contribution in [0.2, 0.25) is 0 Å². The van der Waals surface area contributed by atoms with Crippen molar-refractivity contribution in [3.63, 3.8) is 0 Å². The fraction of sp³-hybridized carbons (Fsp3) is 0.947. The number of aliphatic hydroxyl groups excluding tert-OH is 1. The van der Waals surface area contributed by atoms with Crippen molar-refractivity contribution in [1.82, 2.24) is 10.6 Å². The number of nitrogens with one attached hydrogen (secondary N) is 2. The van der Waals surface area contributed by atoms with Crippen molar-refractivity contribution < 1.29 is 9.84 Å². The van der Waals surface area contributed by atoms with Gasteiger partial charge in [0.25, 0.3) is 0 Å². The van der Waals surface area contributed by atoms with E-state index in [1.165, 1.54) is 32.1 Å². The van der Waals surface area contributed by atoms with Crippen LogP contribution in [0.1, 0.15) is 65.7 Å². The van der Waals surface area contributed by atoms with Gasteiger partial charge in [-0.2, -0.15) is 0 Å². The highest BCUT2D eigenvalue weighted by Crippen LogP contribution is 2.39. The zero-order valence-electron chi connectivity index (χ0n) is 16.5. The summed E-state index contributed by atoms with van der Waals surface area (Å²) < 4.78 is 5.61. The van der Waals surface area contributed by atoms with E-state index in [0.717, 1.165) is 51.6 Å². The van der Waals surface area contributed by atoms with Crippen LogP contribution in [0.5, 0.6) is 0 Å². The van der Waals surface area contributed by atoms with Crippen LogP contribution in [0.15, 0.2) is 4.99 Å². The van der Waals surface area contributed by atoms with Crippen LogP contribution >= 0.6 is 24.0 Å². The first-order chi connectivity index (χ1) is 11.6. The average molecular weight is 469 g/mol. The van der Waals surface area contributed by atoms with Crippen LogP contribution in [0, 0.1) is 11.3 Å². The summed E-state index contributed by atoms with van der Waals surface area (Å²) in [5, 5.41) is 16.2. The highest BCUT2D eigenvalue weighted by atomic mass is 127. The molecule has 0 saturated heterocycles. The second kappa shape index (κ2) is 15.0. The van der Waals surface area contributed by atoms with Crippen molar-refractivity contribution in [2.24, 2.45) is 16.3 Å². The van der Waals surface area contributed by atoms with Crippen LogP contribution in [0.3, 0.4) is 0 Å². The first-order valence-corrected chi connectivity index (χ1v) is 9.82. The molecule has 1 rings (SSSR count). The van der Waals surface area contributed by atoms with Crippen molar-refractivity contribution in [1.29, 1.82) is 0 Å². The van der Waals surface area contributed by atoms with E-state index < -0.39 is 0 Å². The van der Waals surface area contributed by atoms with Crippen molar-refractivity contribution in [2.75, 3.05) is 39.5 Å². The molecule has 0 radical (unpaired) electrons. The lowest BCUT2D eigenvalue weighted by Gasteiger charge is -2.35. The van der Waals surface area contributed by atoms with Gasteiger partial charge in [-0.25, -0.2) is 0 Å². The molecule has 6 heteroatoms. The van der Waals surface area contributed by atoms with Gasteiger partial charge in [0.15, 0.2) is 5.96 Å². The fourth-order valence-corrected chi connectivity index (χ4v) is 3.31. The molecule has 1 aliphatic carbocycles. The molecule has 3 N–H and O–H groups in total. The third-order valence-corrected chi connectivity index (χ3v) is 4.68. The van der Waals surface area contributed by atoms with Gasteiger partial charge in [0.05, 0.1) is 0 Å². The molecule has 5 nitrogen and oxygen atoms in total. The Morgan fingerprint density at radius 1 is 1.20 bits per heavy atom. The Labute approximate surface area is 171 Å². The summed E-state index contributed by atoms with van der Waals surface area (Å²) in [6.45, 7) is 10.9. The third kappa shape index (κ3) is 11.3. The van der Waals surface area contributed by atoms with Gasteiger partial charge in [-0.3, -0.25) is 4.99 Å². The minimum Gasteiger partial charge on any atom is -0.396 e. The number of hydrogen-bond acceptors (Lipinski definition) is 3. The second-order valence-corrected chi connectivity index (χ2v) is 7.48. The molecule has 0 unspecified atom stereocenters. The Balaban J connectivity index is 0.00000576. The van der Waals surface area contributed by atoms with Crippen molar-refractivity contribution in [2.45, 2.75) is 65.7 Å². The molecule has 0 spiro atoms. The minimum atomic E-state index is 0. The molecule has 25 heavy (non-hydrogen) atoms. The number of rotatable bonds is 11. The Kier molecular flexibility index (Phi) is 15.0. The monoisotopic (exact) mass is 469 g/mol. The van der Waals surface area contributed by atoms with Crippen LogP contribution in [-0.4, -0.2) is 50.5 Å². The second-order valence-electron chi connectivity index (χ2n) is 7.48. The van der Waals surface area contributed by atoms with Crippen LogP contribution in [-0.2, 0) is 4.74 Å². The van der Waals surface area contributed by atoms with Gasteiger partial charge in [0.2, 0.25) is 0 Å². The van der Waals surface area contributed by atoms with Crippen LogP contribution < -0.4 is 10.6 Å². The average Bonchev–Trinajstić information content (AvgIpc) is 2.56. The van der Waals surface area contributed by atoms with E-state index in [0.29, 0.717) is 5.92 Å². The molecule has 0 aliphatic heterocycles. The predicted octanol–water partition coefficient (Wildman–Crippen LogP) is 3.56. The van der Waals surface area contributed by atoms with Crippen molar-refractivity contribution >= 4 is 29.9 Å². The van der Waals surface area contributed by atoms with Crippen molar-refractivity contribution in [3.8, 4) is 0 Å². The Hall–Kier alpha value is -0.0800. The molecule has 1 saturated carbocycles. The summed E-state index contributed by atoms with van der Waals surface area (Å²) in [4.78, 5) is 4.82. The normalized spacial score (nSPS) is 17.2. The molecule has 0 heterocycles. The molecule has 0 bridgehead atoms. The van der Waals surface area contributed by atoms with E-state index in [9.17, 15) is 5.11 Å². The molecule has 0 atom stereocenters. The summed E-state index contributed by atoms with van der Waals surface area (Å²) in [7, 11) is 0. The molecular formula is C19H40IN3O2. The van der Waals surface area contributed by atoms with E-state index in [-0.39, 0.29) is 36.0 Å². The van der Waals surface area contributed by atoms with E-state index in [1.807, 2.05) is 0 Å². The Bertz CT molecular complexity index is 340. The number of aliphatic hydroxyl groups is 1. The lowest BCUT2D eigenvalue weighted by molar-refractivity contribution is 0.108. The van der Waals surface area contributed by atoms with Gasteiger partial charge in [0.1, 0.15) is 0 Å². The lowest BCUT2D eigenvalue weighted by Crippen LogP contribution is -2.39. The largest absolute Gasteiger partial charge is 0.396 e. The number of ether oxygens (including phenoxy) is 1. The number of halogens is 1. The summed E-state index contributed by atoms with van der Waals surface area (Å²) in [6.07, 6.45) is 8.11. The zero-order valence-corrected chi connectivity index (χ0v) is 18.8. The summed E-state index contributed by atoms with van der Waals surface area (Å²) in [6, 6.07) is 0. The molecule has 0 aromatic heterocycles. The first kappa shape index (κ1) is 24.9. The zero-order chi connectivity index (χ0) is 17.7. The number of hydrogen-bond donors (Lipinski definition) is 3. The quantitative estimate of drug-likeness (QED) is 0.187. The number of guanidine groups is 1. The predicted molar refractivity (Wildman–Crippen MR) is 117 cm³/mol. The molecule has 0 amide bonds. The van der Waals surface area contributed by atoms with E-state index in [4.69, 9.17) is 9.73 Å². The summed E-state index contributed by atoms with van der Waals surface area (Å²) >= 11 is 0. The molecule has 1 aliphatic rings. The van der Waals surface area contributed by atoms with Crippen molar-refractivity contribution in [3.05, 3.63) is 0 Å². The van der Waals surface area contributed by atoms with Gasteiger partial charge in [-0.05, 0) is 43.9 Å².